The second-order valence-electron chi connectivity index (χ2n) is 10.6. The van der Waals surface area contributed by atoms with Gasteiger partial charge in [-0.15, -0.1) is 0 Å². The van der Waals surface area contributed by atoms with Gasteiger partial charge in [-0.1, -0.05) is 146 Å². The summed E-state index contributed by atoms with van der Waals surface area (Å²) in [5, 5.41) is 0. The lowest BCUT2D eigenvalue weighted by Crippen LogP contribution is -2.17. The number of rotatable bonds is 20. The summed E-state index contributed by atoms with van der Waals surface area (Å²) >= 11 is 0. The van der Waals surface area contributed by atoms with E-state index in [-0.39, 0.29) is 11.9 Å². The molecule has 206 valence electrons. The summed E-state index contributed by atoms with van der Waals surface area (Å²) in [4.78, 5) is 25.8. The average molecular weight is 508 g/mol. The van der Waals surface area contributed by atoms with E-state index in [0.717, 1.165) is 24.0 Å². The Labute approximate surface area is 227 Å². The van der Waals surface area contributed by atoms with Crippen molar-refractivity contribution in [3.8, 4) is 0 Å². The molecule has 3 N–H and O–H groups in total. The molecule has 0 saturated carbocycles. The average Bonchev–Trinajstić information content (AvgIpc) is 2.90. The Kier molecular flexibility index (Phi) is 17.5. The van der Waals surface area contributed by atoms with E-state index >= 15 is 0 Å². The molecule has 0 saturated heterocycles. The van der Waals surface area contributed by atoms with Gasteiger partial charge in [-0.05, 0) is 43.4 Å². The van der Waals surface area contributed by atoms with Gasteiger partial charge in [0.25, 0.3) is 0 Å². The predicted molar refractivity (Wildman–Crippen MR) is 159 cm³/mol. The first-order chi connectivity index (χ1) is 17.6. The van der Waals surface area contributed by atoms with Gasteiger partial charge in [-0.3, -0.25) is 9.59 Å². The summed E-state index contributed by atoms with van der Waals surface area (Å²) in [7, 11) is 0. The Hall–Kier alpha value is -2.26. The van der Waals surface area contributed by atoms with Crippen LogP contribution in [0.15, 0.2) is 42.5 Å². The summed E-state index contributed by atoms with van der Waals surface area (Å²) in [6.45, 7) is 6.45. The van der Waals surface area contributed by atoms with Crippen LogP contribution in [0.2, 0.25) is 0 Å². The molecule has 0 bridgehead atoms. The molecule has 2 rings (SSSR count). The van der Waals surface area contributed by atoms with Crippen LogP contribution in [0.5, 0.6) is 0 Å². The third-order valence-electron chi connectivity index (χ3n) is 7.64. The summed E-state index contributed by atoms with van der Waals surface area (Å²) in [5.41, 5.74) is 4.46. The number of Topliss-reactive ketones (excluding diaryl/α,β-unsaturated/α-hetero) is 2. The Morgan fingerprint density at radius 2 is 1.03 bits per heavy atom. The van der Waals surface area contributed by atoms with Crippen LogP contribution >= 0.6 is 0 Å². The molecule has 0 fully saturated rings. The van der Waals surface area contributed by atoms with Gasteiger partial charge in [-0.2, -0.15) is 0 Å². The normalized spacial score (nSPS) is 10.8. The van der Waals surface area contributed by atoms with E-state index in [1.807, 2.05) is 18.2 Å². The van der Waals surface area contributed by atoms with E-state index in [1.165, 1.54) is 102 Å². The zero-order chi connectivity index (χ0) is 26.0. The molecule has 0 aliphatic rings. The second kappa shape index (κ2) is 19.8. The van der Waals surface area contributed by atoms with Gasteiger partial charge in [0.1, 0.15) is 0 Å². The number of carbonyl (C=O) groups excluding carboxylic acids is 2. The molecule has 0 aliphatic carbocycles. The summed E-state index contributed by atoms with van der Waals surface area (Å²) in [5.74, 6) is -0.789. The summed E-state index contributed by atoms with van der Waals surface area (Å²) in [6, 6.07) is 12.7. The Bertz CT molecular complexity index is 904. The maximum absolute atomic E-state index is 13.1. The fraction of sp³-hybridized carbons (Fsp3) is 0.588. The molecule has 2 aromatic carbocycles. The van der Waals surface area contributed by atoms with Crippen molar-refractivity contribution in [1.29, 1.82) is 0 Å². The van der Waals surface area contributed by atoms with Crippen LogP contribution in [0, 0.1) is 13.8 Å². The summed E-state index contributed by atoms with van der Waals surface area (Å²) in [6.07, 6.45) is 22.5. The van der Waals surface area contributed by atoms with Crippen LogP contribution in [0.1, 0.15) is 147 Å². The van der Waals surface area contributed by atoms with Crippen LogP contribution in [0.4, 0.5) is 0 Å². The minimum absolute atomic E-state index is 0. The van der Waals surface area contributed by atoms with Gasteiger partial charge in [0.2, 0.25) is 11.6 Å². The summed E-state index contributed by atoms with van der Waals surface area (Å²) < 4.78 is 0. The molecule has 0 amide bonds. The molecule has 37 heavy (non-hydrogen) atoms. The van der Waals surface area contributed by atoms with Crippen LogP contribution in [-0.2, 0) is 6.42 Å². The molecule has 3 nitrogen and oxygen atoms in total. The van der Waals surface area contributed by atoms with Crippen molar-refractivity contribution in [3.63, 3.8) is 0 Å². The highest BCUT2D eigenvalue weighted by Gasteiger charge is 2.22. The zero-order valence-corrected chi connectivity index (χ0v) is 24.1. The van der Waals surface area contributed by atoms with Crippen molar-refractivity contribution in [1.82, 2.24) is 6.15 Å². The molecule has 0 aromatic heterocycles. The molecular formula is C34H53NO2. The van der Waals surface area contributed by atoms with Crippen molar-refractivity contribution in [2.24, 2.45) is 0 Å². The first-order valence-electron chi connectivity index (χ1n) is 14.8. The van der Waals surface area contributed by atoms with Crippen LogP contribution in [-0.4, -0.2) is 11.6 Å². The smallest absolute Gasteiger partial charge is 0.233 e. The van der Waals surface area contributed by atoms with Crippen molar-refractivity contribution in [3.05, 3.63) is 70.3 Å². The Morgan fingerprint density at radius 3 is 1.51 bits per heavy atom. The third-order valence-corrected chi connectivity index (χ3v) is 7.64. The lowest BCUT2D eigenvalue weighted by Gasteiger charge is -2.14. The molecule has 3 heteroatoms. The van der Waals surface area contributed by atoms with E-state index in [4.69, 9.17) is 0 Å². The molecule has 0 aliphatic heterocycles. The number of hydrogen-bond acceptors (Lipinski definition) is 3. The lowest BCUT2D eigenvalue weighted by atomic mass is 9.89. The van der Waals surface area contributed by atoms with Crippen LogP contribution < -0.4 is 6.15 Å². The maximum atomic E-state index is 13.1. The third kappa shape index (κ3) is 12.2. The van der Waals surface area contributed by atoms with Crippen molar-refractivity contribution in [2.75, 3.05) is 0 Å². The fourth-order valence-electron chi connectivity index (χ4n) is 5.10. The molecule has 0 unspecified atom stereocenters. The van der Waals surface area contributed by atoms with Crippen molar-refractivity contribution >= 4 is 11.6 Å². The highest BCUT2D eigenvalue weighted by atomic mass is 16.2. The highest BCUT2D eigenvalue weighted by Crippen LogP contribution is 2.23. The fourth-order valence-corrected chi connectivity index (χ4v) is 5.10. The molecule has 0 spiro atoms. The van der Waals surface area contributed by atoms with Gasteiger partial charge in [0.15, 0.2) is 0 Å². The van der Waals surface area contributed by atoms with Crippen LogP contribution in [0.3, 0.4) is 0 Å². The van der Waals surface area contributed by atoms with E-state index in [9.17, 15) is 9.59 Å². The standard InChI is InChI=1S/C34H50O2.H3N/c1-4-5-6-7-8-9-10-11-12-13-14-15-16-17-18-22-25-31-29(3)28(2)26-27-32(31)34(36)33(35)30-23-20-19-21-24-30;/h19-21,23-24,26-27H,4-18,22,25H2,1-3H3;1H3. The number of carbonyl (C=O) groups is 2. The molecule has 0 radical (unpaired) electrons. The van der Waals surface area contributed by atoms with Gasteiger partial charge >= 0.3 is 0 Å². The quantitative estimate of drug-likeness (QED) is 0.110. The minimum Gasteiger partial charge on any atom is -0.344 e. The number of unbranched alkanes of at least 4 members (excludes halogenated alkanes) is 15. The van der Waals surface area contributed by atoms with Crippen LogP contribution in [0.25, 0.3) is 0 Å². The number of aryl methyl sites for hydroxylation is 1. The maximum Gasteiger partial charge on any atom is 0.233 e. The van der Waals surface area contributed by atoms with Gasteiger partial charge in [0.05, 0.1) is 0 Å². The predicted octanol–water partition coefficient (Wildman–Crippen LogP) is 10.3. The molecule has 0 heterocycles. The molecule has 2 aromatic rings. The zero-order valence-electron chi connectivity index (χ0n) is 24.1. The largest absolute Gasteiger partial charge is 0.344 e. The minimum atomic E-state index is -0.410. The van der Waals surface area contributed by atoms with Gasteiger partial charge in [-0.25, -0.2) is 0 Å². The molecule has 0 atom stereocenters. The van der Waals surface area contributed by atoms with E-state index in [2.05, 4.69) is 20.8 Å². The molecular weight excluding hydrogens is 454 g/mol. The highest BCUT2D eigenvalue weighted by molar-refractivity contribution is 6.49. The number of ketones is 2. The first kappa shape index (κ1) is 32.8. The topological polar surface area (TPSA) is 69.1 Å². The number of hydrogen-bond donors (Lipinski definition) is 1. The van der Waals surface area contributed by atoms with E-state index in [1.54, 1.807) is 24.3 Å². The van der Waals surface area contributed by atoms with Gasteiger partial charge < -0.3 is 6.15 Å². The van der Waals surface area contributed by atoms with E-state index in [0.29, 0.717) is 11.1 Å². The Balaban J connectivity index is 0.00000684. The van der Waals surface area contributed by atoms with Crippen molar-refractivity contribution in [2.45, 2.75) is 130 Å². The second-order valence-corrected chi connectivity index (χ2v) is 10.6. The van der Waals surface area contributed by atoms with Crippen molar-refractivity contribution < 1.29 is 9.59 Å². The Morgan fingerprint density at radius 1 is 0.568 bits per heavy atom. The first-order valence-corrected chi connectivity index (χ1v) is 14.8. The SMILES string of the molecule is CCCCCCCCCCCCCCCCCCc1c(C(=O)C(=O)c2ccccc2)ccc(C)c1C.N. The van der Waals surface area contributed by atoms with E-state index < -0.39 is 5.78 Å². The number of benzene rings is 2. The van der Waals surface area contributed by atoms with Gasteiger partial charge in [0, 0.05) is 11.1 Å². The monoisotopic (exact) mass is 507 g/mol. The lowest BCUT2D eigenvalue weighted by molar-refractivity contribution is 0.0816.